The van der Waals surface area contributed by atoms with E-state index in [-0.39, 0.29) is 5.78 Å². The third-order valence-corrected chi connectivity index (χ3v) is 2.26. The average molecular weight is 205 g/mol. The molecule has 0 saturated heterocycles. The van der Waals surface area contributed by atoms with Crippen LogP contribution >= 0.6 is 0 Å². The average Bonchev–Trinajstić information content (AvgIpc) is 2.74. The van der Waals surface area contributed by atoms with Crippen LogP contribution in [0, 0.1) is 6.92 Å². The number of carbonyl (C=O) groups excluding carboxylic acids is 1. The topological polar surface area (TPSA) is 65.6 Å². The van der Waals surface area contributed by atoms with Crippen molar-refractivity contribution in [3.63, 3.8) is 0 Å². The lowest BCUT2D eigenvalue weighted by molar-refractivity contribution is 0.102. The van der Waals surface area contributed by atoms with Gasteiger partial charge in [-0.1, -0.05) is 0 Å². The zero-order valence-corrected chi connectivity index (χ0v) is 8.80. The van der Waals surface area contributed by atoms with E-state index in [0.29, 0.717) is 11.5 Å². The minimum atomic E-state index is -0.210. The van der Waals surface area contributed by atoms with E-state index in [4.69, 9.17) is 0 Å². The first kappa shape index (κ1) is 9.57. The van der Waals surface area contributed by atoms with Crippen LogP contribution in [0.4, 0.5) is 0 Å². The summed E-state index contributed by atoms with van der Waals surface area (Å²) in [5, 5.41) is 7.94. The third-order valence-electron chi connectivity index (χ3n) is 2.26. The maximum atomic E-state index is 11.9. The van der Waals surface area contributed by atoms with Crippen molar-refractivity contribution in [2.75, 3.05) is 0 Å². The highest BCUT2D eigenvalue weighted by molar-refractivity contribution is 6.05. The minimum Gasteiger partial charge on any atom is -0.283 e. The highest BCUT2D eigenvalue weighted by Gasteiger charge is 2.17. The van der Waals surface area contributed by atoms with Gasteiger partial charge in [-0.2, -0.15) is 10.2 Å². The normalized spacial score (nSPS) is 10.6. The standard InChI is InChI=1S/C9H11N5O/c1-6-4-7(12-13(6)2)8(15)9-10-5-11-14(9)3/h4-5H,1-3H3. The van der Waals surface area contributed by atoms with Crippen LogP contribution in [0.25, 0.3) is 0 Å². The van der Waals surface area contributed by atoms with Gasteiger partial charge >= 0.3 is 0 Å². The molecule has 0 spiro atoms. The van der Waals surface area contributed by atoms with Crippen molar-refractivity contribution in [2.45, 2.75) is 6.92 Å². The van der Waals surface area contributed by atoms with Crippen molar-refractivity contribution in [3.8, 4) is 0 Å². The molecule has 2 heterocycles. The minimum absolute atomic E-state index is 0.210. The van der Waals surface area contributed by atoms with E-state index in [9.17, 15) is 4.79 Å². The molecule has 0 fully saturated rings. The van der Waals surface area contributed by atoms with Gasteiger partial charge in [0.1, 0.15) is 12.0 Å². The molecule has 0 atom stereocenters. The van der Waals surface area contributed by atoms with E-state index in [2.05, 4.69) is 15.2 Å². The quantitative estimate of drug-likeness (QED) is 0.651. The summed E-state index contributed by atoms with van der Waals surface area (Å²) in [7, 11) is 3.47. The largest absolute Gasteiger partial charge is 0.283 e. The monoisotopic (exact) mass is 205 g/mol. The summed E-state index contributed by atoms with van der Waals surface area (Å²) < 4.78 is 3.09. The van der Waals surface area contributed by atoms with Gasteiger partial charge in [-0.3, -0.25) is 9.48 Å². The van der Waals surface area contributed by atoms with Gasteiger partial charge in [0.05, 0.1) is 0 Å². The molecular formula is C9H11N5O. The van der Waals surface area contributed by atoms with E-state index < -0.39 is 0 Å². The Morgan fingerprint density at radius 1 is 1.33 bits per heavy atom. The second-order valence-electron chi connectivity index (χ2n) is 3.33. The Labute approximate surface area is 86.5 Å². The molecule has 0 amide bonds. The molecule has 6 heteroatoms. The smallest absolute Gasteiger partial charge is 0.250 e. The fourth-order valence-electron chi connectivity index (χ4n) is 1.29. The summed E-state index contributed by atoms with van der Waals surface area (Å²) in [6.07, 6.45) is 1.35. The second-order valence-corrected chi connectivity index (χ2v) is 3.33. The third kappa shape index (κ3) is 1.54. The fourth-order valence-corrected chi connectivity index (χ4v) is 1.29. The Morgan fingerprint density at radius 2 is 2.07 bits per heavy atom. The van der Waals surface area contributed by atoms with E-state index in [1.165, 1.54) is 11.0 Å². The lowest BCUT2D eigenvalue weighted by atomic mass is 10.2. The Kier molecular flexibility index (Phi) is 2.11. The Bertz CT molecular complexity index is 491. The Hall–Kier alpha value is -1.98. The fraction of sp³-hybridized carbons (Fsp3) is 0.333. The molecule has 0 saturated carbocycles. The number of ketones is 1. The number of hydrogen-bond donors (Lipinski definition) is 0. The van der Waals surface area contributed by atoms with Crippen molar-refractivity contribution in [1.29, 1.82) is 0 Å². The van der Waals surface area contributed by atoms with Crippen LogP contribution in [0.1, 0.15) is 22.0 Å². The molecule has 2 aromatic heterocycles. The molecule has 0 aliphatic heterocycles. The van der Waals surface area contributed by atoms with Gasteiger partial charge in [0, 0.05) is 19.8 Å². The first-order valence-corrected chi connectivity index (χ1v) is 4.49. The first-order chi connectivity index (χ1) is 7.09. The van der Waals surface area contributed by atoms with Crippen molar-refractivity contribution < 1.29 is 4.79 Å². The second kappa shape index (κ2) is 3.30. The maximum absolute atomic E-state index is 11.9. The highest BCUT2D eigenvalue weighted by atomic mass is 16.1. The van der Waals surface area contributed by atoms with Gasteiger partial charge in [0.25, 0.3) is 0 Å². The van der Waals surface area contributed by atoms with Crippen LogP contribution in [-0.2, 0) is 14.1 Å². The molecule has 0 aliphatic rings. The number of rotatable bonds is 2. The van der Waals surface area contributed by atoms with E-state index in [1.807, 2.05) is 6.92 Å². The van der Waals surface area contributed by atoms with Gasteiger partial charge < -0.3 is 0 Å². The van der Waals surface area contributed by atoms with Crippen molar-refractivity contribution in [3.05, 3.63) is 29.6 Å². The van der Waals surface area contributed by atoms with Gasteiger partial charge in [0.15, 0.2) is 0 Å². The van der Waals surface area contributed by atoms with Crippen LogP contribution in [0.5, 0.6) is 0 Å². The van der Waals surface area contributed by atoms with E-state index >= 15 is 0 Å². The van der Waals surface area contributed by atoms with Crippen LogP contribution < -0.4 is 0 Å². The molecule has 0 bridgehead atoms. The first-order valence-electron chi connectivity index (χ1n) is 4.49. The zero-order chi connectivity index (χ0) is 11.0. The zero-order valence-electron chi connectivity index (χ0n) is 8.80. The summed E-state index contributed by atoms with van der Waals surface area (Å²) in [4.78, 5) is 15.8. The van der Waals surface area contributed by atoms with Gasteiger partial charge in [-0.25, -0.2) is 9.67 Å². The van der Waals surface area contributed by atoms with Crippen LogP contribution in [0.15, 0.2) is 12.4 Å². The lowest BCUT2D eigenvalue weighted by Gasteiger charge is -1.95. The predicted octanol–water partition coefficient (Wildman–Crippen LogP) is 0.0880. The van der Waals surface area contributed by atoms with Gasteiger partial charge in [0.2, 0.25) is 11.6 Å². The van der Waals surface area contributed by atoms with Crippen molar-refractivity contribution in [1.82, 2.24) is 24.5 Å². The SMILES string of the molecule is Cc1cc(C(=O)c2ncnn2C)nn1C. The van der Waals surface area contributed by atoms with Crippen LogP contribution in [0.3, 0.4) is 0 Å². The molecule has 0 unspecified atom stereocenters. The number of carbonyl (C=O) groups is 1. The molecule has 6 nitrogen and oxygen atoms in total. The Balaban J connectivity index is 2.41. The molecule has 0 N–H and O–H groups in total. The molecule has 2 aromatic rings. The maximum Gasteiger partial charge on any atom is 0.250 e. The Morgan fingerprint density at radius 3 is 2.53 bits per heavy atom. The summed E-state index contributed by atoms with van der Waals surface area (Å²) in [5.74, 6) is 0.0896. The summed E-state index contributed by atoms with van der Waals surface area (Å²) in [6, 6.07) is 1.73. The lowest BCUT2D eigenvalue weighted by Crippen LogP contribution is -2.10. The summed E-state index contributed by atoms with van der Waals surface area (Å²) >= 11 is 0. The molecule has 0 radical (unpaired) electrons. The number of hydrogen-bond acceptors (Lipinski definition) is 4. The molecule has 0 aliphatic carbocycles. The van der Waals surface area contributed by atoms with E-state index in [0.717, 1.165) is 5.69 Å². The van der Waals surface area contributed by atoms with Crippen LogP contribution in [-0.4, -0.2) is 30.3 Å². The molecule has 2 rings (SSSR count). The summed E-state index contributed by atoms with van der Waals surface area (Å²) in [6.45, 7) is 1.89. The van der Waals surface area contributed by atoms with Crippen molar-refractivity contribution in [2.24, 2.45) is 14.1 Å². The molecular weight excluding hydrogens is 194 g/mol. The number of aryl methyl sites for hydroxylation is 3. The van der Waals surface area contributed by atoms with E-state index in [1.54, 1.807) is 24.8 Å². The predicted molar refractivity (Wildman–Crippen MR) is 52.4 cm³/mol. The molecule has 15 heavy (non-hydrogen) atoms. The van der Waals surface area contributed by atoms with Crippen molar-refractivity contribution >= 4 is 5.78 Å². The van der Waals surface area contributed by atoms with Gasteiger partial charge in [-0.05, 0) is 13.0 Å². The number of nitrogens with zero attached hydrogens (tertiary/aromatic N) is 5. The van der Waals surface area contributed by atoms with Crippen LogP contribution in [0.2, 0.25) is 0 Å². The molecule has 78 valence electrons. The van der Waals surface area contributed by atoms with Gasteiger partial charge in [-0.15, -0.1) is 0 Å². The molecule has 0 aromatic carbocycles. The summed E-state index contributed by atoms with van der Waals surface area (Å²) in [5.41, 5.74) is 1.33. The highest BCUT2D eigenvalue weighted by Crippen LogP contribution is 2.06. The number of aromatic nitrogens is 5.